The number of aryl methyl sites for hydroxylation is 2. The van der Waals surface area contributed by atoms with E-state index in [1.54, 1.807) is 6.33 Å². The smallest absolute Gasteiger partial charge is 0.132 e. The van der Waals surface area contributed by atoms with E-state index in [-0.39, 0.29) is 0 Å². The Morgan fingerprint density at radius 1 is 0.542 bits per heavy atom. The van der Waals surface area contributed by atoms with Gasteiger partial charge in [-0.25, -0.2) is 15.0 Å². The van der Waals surface area contributed by atoms with Gasteiger partial charge < -0.3 is 0 Å². The van der Waals surface area contributed by atoms with Gasteiger partial charge >= 0.3 is 0 Å². The van der Waals surface area contributed by atoms with Crippen molar-refractivity contribution >= 4 is 0 Å². The first kappa shape index (κ1) is 21.1. The second-order valence-corrected chi connectivity index (χ2v) is 7.06. The number of aromatic nitrogens is 3. The first-order chi connectivity index (χ1) is 11.9. The molecule has 138 valence electrons. The average molecular weight is 334 g/mol. The van der Waals surface area contributed by atoms with Crippen LogP contribution in [-0.2, 0) is 12.8 Å². The monoisotopic (exact) mass is 333 g/mol. The molecule has 1 rings (SSSR count). The highest BCUT2D eigenvalue weighted by molar-refractivity contribution is 4.91. The van der Waals surface area contributed by atoms with Crippen molar-refractivity contribution in [3.63, 3.8) is 0 Å². The highest BCUT2D eigenvalue weighted by Gasteiger charge is 2.02. The lowest BCUT2D eigenvalue weighted by Crippen LogP contribution is -2.02. The van der Waals surface area contributed by atoms with Gasteiger partial charge in [0.25, 0.3) is 0 Å². The third kappa shape index (κ3) is 11.5. The molecule has 0 aliphatic rings. The van der Waals surface area contributed by atoms with E-state index in [1.165, 1.54) is 89.9 Å². The van der Waals surface area contributed by atoms with Gasteiger partial charge in [0.2, 0.25) is 0 Å². The quantitative estimate of drug-likeness (QED) is 0.326. The van der Waals surface area contributed by atoms with Gasteiger partial charge in [-0.05, 0) is 12.8 Å². The molecule has 1 aromatic rings. The zero-order chi connectivity index (χ0) is 17.3. The van der Waals surface area contributed by atoms with Crippen molar-refractivity contribution in [3.8, 4) is 0 Å². The van der Waals surface area contributed by atoms with Crippen molar-refractivity contribution < 1.29 is 0 Å². The fourth-order valence-electron chi connectivity index (χ4n) is 3.09. The first-order valence-electron chi connectivity index (χ1n) is 10.5. The molecule has 0 bridgehead atoms. The topological polar surface area (TPSA) is 38.7 Å². The van der Waals surface area contributed by atoms with Crippen LogP contribution in [0.3, 0.4) is 0 Å². The van der Waals surface area contributed by atoms with Gasteiger partial charge in [0.15, 0.2) is 0 Å². The van der Waals surface area contributed by atoms with Crippen molar-refractivity contribution in [2.45, 2.75) is 117 Å². The van der Waals surface area contributed by atoms with Gasteiger partial charge in [-0.15, -0.1) is 0 Å². The maximum absolute atomic E-state index is 4.64. The largest absolute Gasteiger partial charge is 0.221 e. The van der Waals surface area contributed by atoms with Gasteiger partial charge in [0, 0.05) is 12.8 Å². The maximum Gasteiger partial charge on any atom is 0.132 e. The molecule has 24 heavy (non-hydrogen) atoms. The lowest BCUT2D eigenvalue weighted by atomic mass is 10.1. The number of rotatable bonds is 16. The van der Waals surface area contributed by atoms with Gasteiger partial charge in [-0.2, -0.15) is 0 Å². The molecule has 0 N–H and O–H groups in total. The van der Waals surface area contributed by atoms with Crippen molar-refractivity contribution in [1.29, 1.82) is 0 Å². The van der Waals surface area contributed by atoms with Crippen LogP contribution >= 0.6 is 0 Å². The van der Waals surface area contributed by atoms with Gasteiger partial charge in [-0.3, -0.25) is 0 Å². The lowest BCUT2D eigenvalue weighted by molar-refractivity contribution is 0.576. The van der Waals surface area contributed by atoms with Gasteiger partial charge in [-0.1, -0.05) is 90.9 Å². The van der Waals surface area contributed by atoms with E-state index in [9.17, 15) is 0 Å². The fraction of sp³-hybridized carbons (Fsp3) is 0.857. The van der Waals surface area contributed by atoms with Crippen LogP contribution in [0.1, 0.15) is 115 Å². The van der Waals surface area contributed by atoms with E-state index in [0.717, 1.165) is 24.5 Å². The summed E-state index contributed by atoms with van der Waals surface area (Å²) in [5.41, 5.74) is 0. The number of nitrogens with zero attached hydrogens (tertiary/aromatic N) is 3. The first-order valence-corrected chi connectivity index (χ1v) is 10.5. The lowest BCUT2D eigenvalue weighted by Gasteiger charge is -2.04. The summed E-state index contributed by atoms with van der Waals surface area (Å²) in [4.78, 5) is 13.3. The summed E-state index contributed by atoms with van der Waals surface area (Å²) in [7, 11) is 0. The Balaban J connectivity index is 2.08. The van der Waals surface area contributed by atoms with Crippen molar-refractivity contribution in [3.05, 3.63) is 18.0 Å². The summed E-state index contributed by atoms with van der Waals surface area (Å²) in [5.74, 6) is 1.99. The molecule has 0 fully saturated rings. The minimum absolute atomic E-state index is 0.997. The fourth-order valence-corrected chi connectivity index (χ4v) is 3.09. The molecule has 0 aromatic carbocycles. The SMILES string of the molecule is CCCCCCCCCc1ncnc(CCCCCCCCC)n1. The molecule has 1 heterocycles. The predicted molar refractivity (Wildman–Crippen MR) is 103 cm³/mol. The van der Waals surface area contributed by atoms with E-state index < -0.39 is 0 Å². The molecule has 0 spiro atoms. The highest BCUT2D eigenvalue weighted by atomic mass is 15.0. The number of unbranched alkanes of at least 4 members (excludes halogenated alkanes) is 12. The Hall–Kier alpha value is -0.990. The summed E-state index contributed by atoms with van der Waals surface area (Å²) in [6, 6.07) is 0. The van der Waals surface area contributed by atoms with Crippen LogP contribution in [0.15, 0.2) is 6.33 Å². The van der Waals surface area contributed by atoms with Crippen LogP contribution < -0.4 is 0 Å². The Bertz CT molecular complexity index is 359. The molecule has 0 atom stereocenters. The molecule has 0 unspecified atom stereocenters. The Labute approximate surface area is 150 Å². The van der Waals surface area contributed by atoms with Gasteiger partial charge in [0.1, 0.15) is 18.0 Å². The summed E-state index contributed by atoms with van der Waals surface area (Å²) >= 11 is 0. The van der Waals surface area contributed by atoms with Crippen molar-refractivity contribution in [2.75, 3.05) is 0 Å². The molecule has 0 saturated heterocycles. The third-order valence-electron chi connectivity index (χ3n) is 4.68. The molecule has 3 heteroatoms. The van der Waals surface area contributed by atoms with E-state index in [2.05, 4.69) is 28.8 Å². The second-order valence-electron chi connectivity index (χ2n) is 7.06. The van der Waals surface area contributed by atoms with Crippen molar-refractivity contribution in [2.24, 2.45) is 0 Å². The normalized spacial score (nSPS) is 11.1. The number of hydrogen-bond acceptors (Lipinski definition) is 3. The highest BCUT2D eigenvalue weighted by Crippen LogP contribution is 2.10. The minimum atomic E-state index is 0.997. The molecular formula is C21H39N3. The predicted octanol–water partition coefficient (Wildman–Crippen LogP) is 6.46. The van der Waals surface area contributed by atoms with Gasteiger partial charge in [0.05, 0.1) is 0 Å². The Morgan fingerprint density at radius 2 is 0.917 bits per heavy atom. The van der Waals surface area contributed by atoms with E-state index >= 15 is 0 Å². The minimum Gasteiger partial charge on any atom is -0.221 e. The average Bonchev–Trinajstić information content (AvgIpc) is 2.60. The Kier molecular flexibility index (Phi) is 13.6. The van der Waals surface area contributed by atoms with Crippen molar-refractivity contribution in [1.82, 2.24) is 15.0 Å². The standard InChI is InChI=1S/C21H39N3/c1-3-5-7-9-11-13-15-17-20-22-19-23-21(24-20)18-16-14-12-10-8-6-4-2/h19H,3-18H2,1-2H3. The molecule has 1 aromatic heterocycles. The van der Waals surface area contributed by atoms with Crippen LogP contribution in [0.4, 0.5) is 0 Å². The maximum atomic E-state index is 4.64. The molecular weight excluding hydrogens is 294 g/mol. The van der Waals surface area contributed by atoms with E-state index in [1.807, 2.05) is 0 Å². The molecule has 0 aliphatic carbocycles. The van der Waals surface area contributed by atoms with E-state index in [4.69, 9.17) is 0 Å². The number of hydrogen-bond donors (Lipinski definition) is 0. The van der Waals surface area contributed by atoms with Crippen LogP contribution in [0, 0.1) is 0 Å². The van der Waals surface area contributed by atoms with Crippen LogP contribution in [0.5, 0.6) is 0 Å². The molecule has 3 nitrogen and oxygen atoms in total. The molecule has 0 radical (unpaired) electrons. The summed E-state index contributed by atoms with van der Waals surface area (Å²) in [5, 5.41) is 0. The summed E-state index contributed by atoms with van der Waals surface area (Å²) in [6.07, 6.45) is 22.5. The third-order valence-corrected chi connectivity index (χ3v) is 4.68. The summed E-state index contributed by atoms with van der Waals surface area (Å²) < 4.78 is 0. The second kappa shape index (κ2) is 15.5. The van der Waals surface area contributed by atoms with Crippen LogP contribution in [0.25, 0.3) is 0 Å². The zero-order valence-corrected chi connectivity index (χ0v) is 16.2. The Morgan fingerprint density at radius 3 is 1.33 bits per heavy atom. The molecule has 0 saturated carbocycles. The van der Waals surface area contributed by atoms with Crippen LogP contribution in [-0.4, -0.2) is 15.0 Å². The molecule has 0 aliphatic heterocycles. The summed E-state index contributed by atoms with van der Waals surface area (Å²) in [6.45, 7) is 4.54. The van der Waals surface area contributed by atoms with E-state index in [0.29, 0.717) is 0 Å². The van der Waals surface area contributed by atoms with Crippen LogP contribution in [0.2, 0.25) is 0 Å². The zero-order valence-electron chi connectivity index (χ0n) is 16.2. The molecule has 0 amide bonds.